The monoisotopic (exact) mass is 500 g/mol. The molecule has 0 atom stereocenters. The number of nitrogens with one attached hydrogen (secondary N) is 1. The van der Waals surface area contributed by atoms with Gasteiger partial charge in [-0.2, -0.15) is 0 Å². The Balaban J connectivity index is 0.00000341. The second-order valence-corrected chi connectivity index (χ2v) is 9.15. The molecule has 0 radical (unpaired) electrons. The van der Waals surface area contributed by atoms with Gasteiger partial charge in [-0.05, 0) is 54.9 Å². The molecule has 3 aromatic carbocycles. The third kappa shape index (κ3) is 7.68. The van der Waals surface area contributed by atoms with Gasteiger partial charge in [-0.25, -0.2) is 13.6 Å². The van der Waals surface area contributed by atoms with Gasteiger partial charge >= 0.3 is 0 Å². The first kappa shape index (κ1) is 25.5. The molecule has 0 aliphatic carbocycles. The van der Waals surface area contributed by atoms with Gasteiger partial charge in [-0.3, -0.25) is 0 Å². The summed E-state index contributed by atoms with van der Waals surface area (Å²) in [6, 6.07) is 19.6. The Morgan fingerprint density at radius 2 is 1.65 bits per heavy atom. The lowest BCUT2D eigenvalue weighted by atomic mass is 10.1. The summed E-state index contributed by atoms with van der Waals surface area (Å²) in [5, 5.41) is 9.78. The average Bonchev–Trinajstić information content (AvgIpc) is 2.71. The normalized spacial score (nSPS) is 11.1. The van der Waals surface area contributed by atoms with Crippen molar-refractivity contribution in [2.75, 3.05) is 6.54 Å². The lowest BCUT2D eigenvalue weighted by Gasteiger charge is -2.13. The van der Waals surface area contributed by atoms with Crippen LogP contribution in [0.4, 0.5) is 0 Å². The Kier molecular flexibility index (Phi) is 9.62. The maximum Gasteiger partial charge on any atom is 0.238 e. The first-order valence-corrected chi connectivity index (χ1v) is 11.6. The van der Waals surface area contributed by atoms with Gasteiger partial charge in [-0.15, -0.1) is 12.4 Å². The zero-order valence-corrected chi connectivity index (χ0v) is 19.7. The Labute approximate surface area is 199 Å². The van der Waals surface area contributed by atoms with Crippen molar-refractivity contribution in [1.29, 1.82) is 0 Å². The van der Waals surface area contributed by atoms with Gasteiger partial charge in [0.25, 0.3) is 0 Å². The van der Waals surface area contributed by atoms with Crippen LogP contribution in [0.25, 0.3) is 0 Å². The van der Waals surface area contributed by atoms with Gasteiger partial charge in [-0.1, -0.05) is 53.5 Å². The predicted octanol–water partition coefficient (Wildman–Crippen LogP) is 4.97. The molecule has 0 heterocycles. The van der Waals surface area contributed by atoms with Crippen LogP contribution in [0.15, 0.2) is 71.6 Å². The van der Waals surface area contributed by atoms with Crippen LogP contribution in [-0.2, 0) is 29.6 Å². The topological polar surface area (TPSA) is 81.4 Å². The van der Waals surface area contributed by atoms with E-state index in [1.54, 1.807) is 18.2 Å². The molecule has 3 N–H and O–H groups in total. The number of hydrogen-bond donors (Lipinski definition) is 2. The predicted molar refractivity (Wildman–Crippen MR) is 128 cm³/mol. The van der Waals surface area contributed by atoms with E-state index in [0.717, 1.165) is 28.9 Å². The van der Waals surface area contributed by atoms with Crippen LogP contribution < -0.4 is 15.2 Å². The summed E-state index contributed by atoms with van der Waals surface area (Å²) in [5.74, 6) is 0.740. The molecule has 0 aliphatic rings. The number of primary sulfonamides is 1. The fourth-order valence-electron chi connectivity index (χ4n) is 2.90. The third-order valence-corrected chi connectivity index (χ3v) is 6.05. The quantitative estimate of drug-likeness (QED) is 0.405. The molecule has 0 saturated carbocycles. The van der Waals surface area contributed by atoms with E-state index >= 15 is 0 Å². The smallest absolute Gasteiger partial charge is 0.238 e. The number of ether oxygens (including phenoxy) is 1. The molecule has 0 aliphatic heterocycles. The number of rotatable bonds is 9. The molecule has 5 nitrogen and oxygen atoms in total. The van der Waals surface area contributed by atoms with Crippen molar-refractivity contribution >= 4 is 45.6 Å². The van der Waals surface area contributed by atoms with Crippen LogP contribution in [-0.4, -0.2) is 15.0 Å². The van der Waals surface area contributed by atoms with Crippen molar-refractivity contribution in [2.24, 2.45) is 5.14 Å². The fraction of sp³-hybridized carbons (Fsp3) is 0.182. The molecule has 0 fully saturated rings. The second kappa shape index (κ2) is 11.7. The van der Waals surface area contributed by atoms with E-state index in [1.807, 2.05) is 36.4 Å². The van der Waals surface area contributed by atoms with Crippen molar-refractivity contribution in [1.82, 2.24) is 5.32 Å². The third-order valence-electron chi connectivity index (χ3n) is 4.52. The van der Waals surface area contributed by atoms with E-state index < -0.39 is 10.0 Å². The van der Waals surface area contributed by atoms with E-state index in [1.165, 1.54) is 12.1 Å². The molecule has 0 amide bonds. The summed E-state index contributed by atoms with van der Waals surface area (Å²) >= 11 is 12.4. The zero-order chi connectivity index (χ0) is 21.6. The molecule has 31 heavy (non-hydrogen) atoms. The lowest BCUT2D eigenvalue weighted by Crippen LogP contribution is -2.17. The maximum absolute atomic E-state index is 11.3. The second-order valence-electron chi connectivity index (χ2n) is 6.75. The molecule has 3 aromatic rings. The molecule has 166 valence electrons. The minimum Gasteiger partial charge on any atom is -0.489 e. The number of halogens is 3. The van der Waals surface area contributed by atoms with Crippen molar-refractivity contribution in [3.63, 3.8) is 0 Å². The maximum atomic E-state index is 11.3. The van der Waals surface area contributed by atoms with Gasteiger partial charge < -0.3 is 10.1 Å². The number of nitrogens with two attached hydrogens (primary N) is 1. The van der Waals surface area contributed by atoms with Crippen LogP contribution in [0.1, 0.15) is 16.7 Å². The van der Waals surface area contributed by atoms with Crippen molar-refractivity contribution in [3.05, 3.63) is 93.5 Å². The average molecular weight is 502 g/mol. The number of sulfonamides is 1. The fourth-order valence-corrected chi connectivity index (χ4v) is 3.80. The van der Waals surface area contributed by atoms with Crippen LogP contribution >= 0.6 is 35.6 Å². The summed E-state index contributed by atoms with van der Waals surface area (Å²) in [6.07, 6.45) is 0.737. The van der Waals surface area contributed by atoms with Crippen LogP contribution in [0.3, 0.4) is 0 Å². The van der Waals surface area contributed by atoms with Gasteiger partial charge in [0.05, 0.1) is 4.90 Å². The highest BCUT2D eigenvalue weighted by Gasteiger charge is 2.08. The first-order valence-electron chi connectivity index (χ1n) is 9.30. The van der Waals surface area contributed by atoms with Gasteiger partial charge in [0.2, 0.25) is 10.0 Å². The van der Waals surface area contributed by atoms with Gasteiger partial charge in [0.1, 0.15) is 12.4 Å². The molecule has 0 bridgehead atoms. The van der Waals surface area contributed by atoms with Crippen molar-refractivity contribution in [2.45, 2.75) is 24.5 Å². The number of benzene rings is 3. The van der Waals surface area contributed by atoms with Gasteiger partial charge in [0.15, 0.2) is 0 Å². The molecular formula is C22H23Cl3N2O3S. The van der Waals surface area contributed by atoms with E-state index in [4.69, 9.17) is 33.1 Å². The molecule has 0 spiro atoms. The lowest BCUT2D eigenvalue weighted by molar-refractivity contribution is 0.302. The largest absolute Gasteiger partial charge is 0.489 e. The summed E-state index contributed by atoms with van der Waals surface area (Å²) in [4.78, 5) is 0.110. The van der Waals surface area contributed by atoms with E-state index in [2.05, 4.69) is 5.32 Å². The first-order chi connectivity index (χ1) is 14.3. The summed E-state index contributed by atoms with van der Waals surface area (Å²) < 4.78 is 28.6. The molecule has 9 heteroatoms. The minimum atomic E-state index is -3.67. The van der Waals surface area contributed by atoms with Crippen LogP contribution in [0, 0.1) is 0 Å². The standard InChI is InChI=1S/C22H22Cl2N2O3S.ClH/c23-19-7-10-22(29-15-17-3-1-2-4-21(17)24)18(13-19)14-26-12-11-16-5-8-20(9-6-16)30(25,27)28;/h1-10,13,26H,11-12,14-15H2,(H2,25,27,28);1H. The van der Waals surface area contributed by atoms with Gasteiger partial charge in [0, 0.05) is 27.7 Å². The highest BCUT2D eigenvalue weighted by molar-refractivity contribution is 7.89. The Morgan fingerprint density at radius 1 is 0.935 bits per heavy atom. The summed E-state index contributed by atoms with van der Waals surface area (Å²) in [6.45, 7) is 1.64. The van der Waals surface area contributed by atoms with E-state index in [0.29, 0.717) is 29.7 Å². The zero-order valence-electron chi connectivity index (χ0n) is 16.6. The van der Waals surface area contributed by atoms with Crippen LogP contribution in [0.2, 0.25) is 10.0 Å². The Hall–Kier alpha value is -1.80. The molecular weight excluding hydrogens is 479 g/mol. The molecule has 3 rings (SSSR count). The van der Waals surface area contributed by atoms with E-state index in [-0.39, 0.29) is 17.3 Å². The molecule has 0 saturated heterocycles. The Morgan fingerprint density at radius 3 is 2.32 bits per heavy atom. The minimum absolute atomic E-state index is 0. The summed E-state index contributed by atoms with van der Waals surface area (Å²) in [7, 11) is -3.67. The van der Waals surface area contributed by atoms with Crippen LogP contribution in [0.5, 0.6) is 5.75 Å². The highest BCUT2D eigenvalue weighted by Crippen LogP contribution is 2.25. The SMILES string of the molecule is Cl.NS(=O)(=O)c1ccc(CCNCc2cc(Cl)ccc2OCc2ccccc2Cl)cc1. The van der Waals surface area contributed by atoms with Crippen molar-refractivity contribution in [3.8, 4) is 5.75 Å². The summed E-state index contributed by atoms with van der Waals surface area (Å²) in [5.41, 5.74) is 2.87. The Bertz CT molecular complexity index is 1110. The highest BCUT2D eigenvalue weighted by atomic mass is 35.5. The molecule has 0 aromatic heterocycles. The number of hydrogen-bond acceptors (Lipinski definition) is 4. The van der Waals surface area contributed by atoms with E-state index in [9.17, 15) is 8.42 Å². The van der Waals surface area contributed by atoms with Crippen molar-refractivity contribution < 1.29 is 13.2 Å². The molecule has 0 unspecified atom stereocenters.